The highest BCUT2D eigenvalue weighted by Crippen LogP contribution is 2.31. The summed E-state index contributed by atoms with van der Waals surface area (Å²) in [6.07, 6.45) is 7.60. The van der Waals surface area contributed by atoms with Crippen LogP contribution >= 0.6 is 12.4 Å². The molecule has 0 spiro atoms. The number of rotatable bonds is 5. The van der Waals surface area contributed by atoms with E-state index < -0.39 is 0 Å². The van der Waals surface area contributed by atoms with E-state index in [0.717, 1.165) is 32.2 Å². The smallest absolute Gasteiger partial charge is 0.249 e. The van der Waals surface area contributed by atoms with Crippen LogP contribution in [0.3, 0.4) is 0 Å². The Bertz CT molecular complexity index is 333. The van der Waals surface area contributed by atoms with Gasteiger partial charge in [-0.05, 0) is 39.8 Å². The van der Waals surface area contributed by atoms with E-state index in [1.54, 1.807) is 0 Å². The van der Waals surface area contributed by atoms with Crippen LogP contribution in [0.5, 0.6) is 0 Å². The van der Waals surface area contributed by atoms with Crippen molar-refractivity contribution in [2.24, 2.45) is 5.73 Å². The maximum atomic E-state index is 12.2. The average molecular weight is 320 g/mol. The van der Waals surface area contributed by atoms with Crippen molar-refractivity contribution in [3.8, 4) is 0 Å². The monoisotopic (exact) mass is 319 g/mol. The molecule has 1 aliphatic heterocycles. The molecule has 1 amide bonds. The van der Waals surface area contributed by atoms with Gasteiger partial charge in [-0.2, -0.15) is 0 Å². The van der Waals surface area contributed by atoms with Crippen LogP contribution in [0.2, 0.25) is 0 Å². The number of hydrogen-bond donors (Lipinski definition) is 2. The van der Waals surface area contributed by atoms with Crippen LogP contribution in [0.1, 0.15) is 44.9 Å². The lowest BCUT2D eigenvalue weighted by Crippen LogP contribution is -2.55. The van der Waals surface area contributed by atoms with Gasteiger partial charge in [-0.1, -0.05) is 19.3 Å². The molecule has 0 bridgehead atoms. The Morgan fingerprint density at radius 3 is 2.48 bits per heavy atom. The first-order valence-corrected chi connectivity index (χ1v) is 7.88. The van der Waals surface area contributed by atoms with Crippen LogP contribution in [0, 0.1) is 0 Å². The third kappa shape index (κ3) is 4.55. The zero-order chi connectivity index (χ0) is 14.6. The minimum absolute atomic E-state index is 0. The maximum absolute atomic E-state index is 12.2. The molecule has 3 N–H and O–H groups in total. The first kappa shape index (κ1) is 18.7. The van der Waals surface area contributed by atoms with Crippen molar-refractivity contribution in [1.82, 2.24) is 10.2 Å². The molecule has 2 rings (SSSR count). The van der Waals surface area contributed by atoms with Gasteiger partial charge < -0.3 is 20.7 Å². The Kier molecular flexibility index (Phi) is 7.40. The Morgan fingerprint density at radius 1 is 1.29 bits per heavy atom. The van der Waals surface area contributed by atoms with Gasteiger partial charge in [-0.3, -0.25) is 4.79 Å². The number of hydrogen-bond acceptors (Lipinski definition) is 4. The predicted octanol–water partition coefficient (Wildman–Crippen LogP) is 1.30. The Labute approximate surface area is 134 Å². The molecule has 1 saturated carbocycles. The summed E-state index contributed by atoms with van der Waals surface area (Å²) < 4.78 is 5.66. The topological polar surface area (TPSA) is 67.6 Å². The highest BCUT2D eigenvalue weighted by atomic mass is 35.5. The van der Waals surface area contributed by atoms with Gasteiger partial charge in [0.1, 0.15) is 6.10 Å². The molecule has 2 fully saturated rings. The lowest BCUT2D eigenvalue weighted by atomic mass is 9.80. The number of nitrogens with zero attached hydrogens (tertiary/aromatic N) is 1. The molecular formula is C15H30ClN3O2. The summed E-state index contributed by atoms with van der Waals surface area (Å²) in [4.78, 5) is 14.5. The van der Waals surface area contributed by atoms with Gasteiger partial charge in [-0.25, -0.2) is 0 Å². The maximum Gasteiger partial charge on any atom is 0.249 e. The molecule has 0 unspecified atom stereocenters. The van der Waals surface area contributed by atoms with Gasteiger partial charge in [0.25, 0.3) is 0 Å². The SMILES string of the molecule is CN(C)C1(CNC(=O)[C@@H]2CC[C@H](CN)O2)CCCCC1.Cl. The number of nitrogens with one attached hydrogen (secondary N) is 1. The normalized spacial score (nSPS) is 28.2. The number of ether oxygens (including phenoxy) is 1. The largest absolute Gasteiger partial charge is 0.364 e. The van der Waals surface area contributed by atoms with Crippen LogP contribution < -0.4 is 11.1 Å². The number of halogens is 1. The van der Waals surface area contributed by atoms with E-state index in [2.05, 4.69) is 24.3 Å². The molecule has 0 aromatic carbocycles. The molecule has 0 aromatic rings. The molecular weight excluding hydrogens is 290 g/mol. The highest BCUT2D eigenvalue weighted by Gasteiger charge is 2.36. The second-order valence-corrected chi connectivity index (χ2v) is 6.46. The molecule has 1 saturated heterocycles. The van der Waals surface area contributed by atoms with Crippen molar-refractivity contribution >= 4 is 18.3 Å². The molecule has 1 heterocycles. The molecule has 124 valence electrons. The van der Waals surface area contributed by atoms with E-state index in [1.807, 2.05) is 0 Å². The van der Waals surface area contributed by atoms with Crippen molar-refractivity contribution in [3.63, 3.8) is 0 Å². The molecule has 2 aliphatic rings. The standard InChI is InChI=1S/C15H29N3O2.ClH/c1-18(2)15(8-4-3-5-9-15)11-17-14(19)13-7-6-12(10-16)20-13;/h12-13H,3-11,16H2,1-2H3,(H,17,19);1H/t12-,13+;/m1./s1. The summed E-state index contributed by atoms with van der Waals surface area (Å²) in [7, 11) is 4.24. The molecule has 5 nitrogen and oxygen atoms in total. The number of carbonyl (C=O) groups is 1. The number of nitrogens with two attached hydrogens (primary N) is 1. The third-order valence-electron chi connectivity index (χ3n) is 4.99. The average Bonchev–Trinajstić information content (AvgIpc) is 2.94. The minimum Gasteiger partial charge on any atom is -0.364 e. The van der Waals surface area contributed by atoms with Gasteiger partial charge >= 0.3 is 0 Å². The van der Waals surface area contributed by atoms with Gasteiger partial charge in [0, 0.05) is 18.6 Å². The Morgan fingerprint density at radius 2 is 1.95 bits per heavy atom. The first-order valence-electron chi connectivity index (χ1n) is 7.88. The van der Waals surface area contributed by atoms with Crippen molar-refractivity contribution in [2.45, 2.75) is 62.7 Å². The molecule has 0 radical (unpaired) electrons. The first-order chi connectivity index (χ1) is 9.57. The summed E-state index contributed by atoms with van der Waals surface area (Å²) >= 11 is 0. The van der Waals surface area contributed by atoms with Gasteiger partial charge in [0.05, 0.1) is 6.10 Å². The van der Waals surface area contributed by atoms with Crippen LogP contribution in [0.4, 0.5) is 0 Å². The fraction of sp³-hybridized carbons (Fsp3) is 0.933. The van der Waals surface area contributed by atoms with Gasteiger partial charge in [0.2, 0.25) is 5.91 Å². The fourth-order valence-electron chi connectivity index (χ4n) is 3.43. The molecule has 6 heteroatoms. The van der Waals surface area contributed by atoms with E-state index in [0.29, 0.717) is 6.54 Å². The van der Waals surface area contributed by atoms with Crippen molar-refractivity contribution in [3.05, 3.63) is 0 Å². The van der Waals surface area contributed by atoms with Gasteiger partial charge in [-0.15, -0.1) is 12.4 Å². The van der Waals surface area contributed by atoms with Crippen LogP contribution in [-0.4, -0.2) is 55.7 Å². The lowest BCUT2D eigenvalue weighted by molar-refractivity contribution is -0.132. The number of likely N-dealkylation sites (N-methyl/N-ethyl adjacent to an activating group) is 1. The second kappa shape index (κ2) is 8.32. The van der Waals surface area contributed by atoms with E-state index >= 15 is 0 Å². The quantitative estimate of drug-likeness (QED) is 0.801. The molecule has 1 aliphatic carbocycles. The van der Waals surface area contributed by atoms with E-state index in [1.165, 1.54) is 19.3 Å². The van der Waals surface area contributed by atoms with E-state index in [-0.39, 0.29) is 36.1 Å². The summed E-state index contributed by atoms with van der Waals surface area (Å²) in [6.45, 7) is 1.23. The predicted molar refractivity (Wildman–Crippen MR) is 86.7 cm³/mol. The second-order valence-electron chi connectivity index (χ2n) is 6.46. The van der Waals surface area contributed by atoms with E-state index in [4.69, 9.17) is 10.5 Å². The summed E-state index contributed by atoms with van der Waals surface area (Å²) in [5, 5.41) is 3.11. The lowest BCUT2D eigenvalue weighted by Gasteiger charge is -2.43. The van der Waals surface area contributed by atoms with Crippen LogP contribution in [0.15, 0.2) is 0 Å². The summed E-state index contributed by atoms with van der Waals surface area (Å²) in [6, 6.07) is 0. The van der Waals surface area contributed by atoms with Gasteiger partial charge in [0.15, 0.2) is 0 Å². The highest BCUT2D eigenvalue weighted by molar-refractivity contribution is 5.85. The van der Waals surface area contributed by atoms with Crippen LogP contribution in [0.25, 0.3) is 0 Å². The number of amides is 1. The summed E-state index contributed by atoms with van der Waals surface area (Å²) in [5.41, 5.74) is 5.71. The molecule has 0 aromatic heterocycles. The molecule has 2 atom stereocenters. The Balaban J connectivity index is 0.00000220. The van der Waals surface area contributed by atoms with Crippen molar-refractivity contribution in [2.75, 3.05) is 27.2 Å². The molecule has 21 heavy (non-hydrogen) atoms. The van der Waals surface area contributed by atoms with Crippen molar-refractivity contribution < 1.29 is 9.53 Å². The fourth-order valence-corrected chi connectivity index (χ4v) is 3.43. The summed E-state index contributed by atoms with van der Waals surface area (Å²) in [5.74, 6) is 0.0350. The zero-order valence-electron chi connectivity index (χ0n) is 13.3. The zero-order valence-corrected chi connectivity index (χ0v) is 14.1. The Hall–Kier alpha value is -0.360. The van der Waals surface area contributed by atoms with E-state index in [9.17, 15) is 4.79 Å². The number of carbonyl (C=O) groups excluding carboxylic acids is 1. The minimum atomic E-state index is -0.300. The third-order valence-corrected chi connectivity index (χ3v) is 4.99. The van der Waals surface area contributed by atoms with Crippen LogP contribution in [-0.2, 0) is 9.53 Å². The van der Waals surface area contributed by atoms with Crippen molar-refractivity contribution in [1.29, 1.82) is 0 Å².